The molecule has 1 aliphatic heterocycles. The molecule has 6 nitrogen and oxygen atoms in total. The third kappa shape index (κ3) is 4.38. The van der Waals surface area contributed by atoms with Gasteiger partial charge in [0, 0.05) is 10.7 Å². The number of fused-ring (bicyclic) bond motifs is 1. The Balaban J connectivity index is 1.69. The molecule has 0 bridgehead atoms. The zero-order valence-electron chi connectivity index (χ0n) is 17.0. The van der Waals surface area contributed by atoms with Gasteiger partial charge in [-0.25, -0.2) is 8.42 Å². The lowest BCUT2D eigenvalue weighted by atomic mass is 10.1. The monoisotopic (exact) mass is 456 g/mol. The number of benzene rings is 3. The van der Waals surface area contributed by atoms with Crippen LogP contribution in [0.4, 0.5) is 11.4 Å². The highest BCUT2D eigenvalue weighted by Gasteiger charge is 2.37. The first kappa shape index (κ1) is 21.2. The maximum atomic E-state index is 13.5. The average Bonchev–Trinajstić information content (AvgIpc) is 2.74. The van der Waals surface area contributed by atoms with E-state index < -0.39 is 22.0 Å². The Bertz CT molecular complexity index is 1230. The Morgan fingerprint density at radius 2 is 1.65 bits per heavy atom. The molecule has 1 N–H and O–H groups in total. The number of nitrogens with one attached hydrogen (secondary N) is 1. The number of halogens is 1. The lowest BCUT2D eigenvalue weighted by Crippen LogP contribution is -2.48. The minimum absolute atomic E-state index is 0.147. The Kier molecular flexibility index (Phi) is 5.64. The second-order valence-electron chi connectivity index (χ2n) is 7.42. The number of carbonyl (C=O) groups is 1. The van der Waals surface area contributed by atoms with Crippen LogP contribution in [-0.4, -0.2) is 27.0 Å². The lowest BCUT2D eigenvalue weighted by molar-refractivity contribution is -0.122. The number of amides is 1. The van der Waals surface area contributed by atoms with Gasteiger partial charge in [-0.05, 0) is 67.9 Å². The number of anilines is 2. The molecule has 0 aromatic heterocycles. The van der Waals surface area contributed by atoms with Crippen LogP contribution in [0, 0.1) is 13.8 Å². The van der Waals surface area contributed by atoms with Crippen LogP contribution in [0.1, 0.15) is 11.1 Å². The summed E-state index contributed by atoms with van der Waals surface area (Å²) in [5.74, 6) is -0.110. The minimum atomic E-state index is -3.90. The summed E-state index contributed by atoms with van der Waals surface area (Å²) in [6, 6.07) is 18.5. The van der Waals surface area contributed by atoms with Crippen LogP contribution in [0.2, 0.25) is 5.02 Å². The van der Waals surface area contributed by atoms with E-state index >= 15 is 0 Å². The van der Waals surface area contributed by atoms with Crippen molar-refractivity contribution >= 4 is 38.9 Å². The molecular weight excluding hydrogens is 436 g/mol. The van der Waals surface area contributed by atoms with Gasteiger partial charge in [-0.15, -0.1) is 0 Å². The first-order valence-electron chi connectivity index (χ1n) is 9.67. The maximum absolute atomic E-state index is 13.5. The highest BCUT2D eigenvalue weighted by molar-refractivity contribution is 7.92. The predicted molar refractivity (Wildman–Crippen MR) is 121 cm³/mol. The topological polar surface area (TPSA) is 75.7 Å². The first-order valence-corrected chi connectivity index (χ1v) is 11.5. The lowest BCUT2D eigenvalue weighted by Gasteiger charge is -2.35. The molecule has 0 saturated carbocycles. The Labute approximate surface area is 186 Å². The second-order valence-corrected chi connectivity index (χ2v) is 9.72. The SMILES string of the molecule is Cc1ccc(S(=O)(=O)N2C[C@H](C(=O)Nc3ccc(Cl)cc3)Oc3ccc(C)cc32)cc1. The molecule has 0 fully saturated rings. The van der Waals surface area contributed by atoms with Crippen LogP contribution in [0.3, 0.4) is 0 Å². The molecule has 1 amide bonds. The fourth-order valence-corrected chi connectivity index (χ4v) is 4.91. The molecule has 1 aliphatic rings. The van der Waals surface area contributed by atoms with E-state index in [0.29, 0.717) is 22.1 Å². The Morgan fingerprint density at radius 3 is 2.32 bits per heavy atom. The van der Waals surface area contributed by atoms with Gasteiger partial charge in [-0.2, -0.15) is 0 Å². The molecule has 3 aromatic carbocycles. The van der Waals surface area contributed by atoms with Crippen LogP contribution < -0.4 is 14.4 Å². The summed E-state index contributed by atoms with van der Waals surface area (Å²) < 4.78 is 34.0. The van der Waals surface area contributed by atoms with Gasteiger partial charge in [0.1, 0.15) is 5.75 Å². The van der Waals surface area contributed by atoms with Crippen LogP contribution in [0.25, 0.3) is 0 Å². The van der Waals surface area contributed by atoms with Crippen molar-refractivity contribution in [2.24, 2.45) is 0 Å². The zero-order valence-corrected chi connectivity index (χ0v) is 18.6. The normalized spacial score (nSPS) is 15.7. The smallest absolute Gasteiger partial charge is 0.267 e. The summed E-state index contributed by atoms with van der Waals surface area (Å²) in [6.07, 6.45) is -1.02. The number of carbonyl (C=O) groups excluding carboxylic acids is 1. The molecule has 0 radical (unpaired) electrons. The molecule has 31 heavy (non-hydrogen) atoms. The highest BCUT2D eigenvalue weighted by atomic mass is 35.5. The molecule has 0 aliphatic carbocycles. The van der Waals surface area contributed by atoms with Crippen molar-refractivity contribution in [3.8, 4) is 5.75 Å². The van der Waals surface area contributed by atoms with Crippen molar-refractivity contribution in [2.75, 3.05) is 16.2 Å². The van der Waals surface area contributed by atoms with Gasteiger partial charge in [0.2, 0.25) is 0 Å². The van der Waals surface area contributed by atoms with Gasteiger partial charge in [-0.3, -0.25) is 9.10 Å². The van der Waals surface area contributed by atoms with Gasteiger partial charge in [0.25, 0.3) is 15.9 Å². The van der Waals surface area contributed by atoms with Crippen LogP contribution in [0.15, 0.2) is 71.6 Å². The molecule has 160 valence electrons. The van der Waals surface area contributed by atoms with E-state index in [1.165, 1.54) is 4.31 Å². The zero-order chi connectivity index (χ0) is 22.2. The van der Waals surface area contributed by atoms with E-state index in [0.717, 1.165) is 11.1 Å². The summed E-state index contributed by atoms with van der Waals surface area (Å²) in [7, 11) is -3.90. The van der Waals surface area contributed by atoms with Gasteiger partial charge in [-0.1, -0.05) is 35.4 Å². The number of nitrogens with zero attached hydrogens (tertiary/aromatic N) is 1. The van der Waals surface area contributed by atoms with Crippen molar-refractivity contribution in [2.45, 2.75) is 24.8 Å². The fraction of sp³-hybridized carbons (Fsp3) is 0.174. The van der Waals surface area contributed by atoms with Crippen molar-refractivity contribution in [1.29, 1.82) is 0 Å². The van der Waals surface area contributed by atoms with Crippen molar-refractivity contribution < 1.29 is 17.9 Å². The third-order valence-electron chi connectivity index (χ3n) is 5.00. The second kappa shape index (κ2) is 8.24. The van der Waals surface area contributed by atoms with Crippen LogP contribution in [-0.2, 0) is 14.8 Å². The average molecular weight is 457 g/mol. The van der Waals surface area contributed by atoms with E-state index in [1.54, 1.807) is 60.7 Å². The third-order valence-corrected chi connectivity index (χ3v) is 7.04. The van der Waals surface area contributed by atoms with Crippen LogP contribution in [0.5, 0.6) is 5.75 Å². The van der Waals surface area contributed by atoms with Gasteiger partial charge >= 0.3 is 0 Å². The molecule has 0 unspecified atom stereocenters. The van der Waals surface area contributed by atoms with E-state index in [2.05, 4.69) is 5.32 Å². The highest BCUT2D eigenvalue weighted by Crippen LogP contribution is 2.38. The van der Waals surface area contributed by atoms with E-state index in [1.807, 2.05) is 19.9 Å². The number of rotatable bonds is 4. The molecule has 8 heteroatoms. The standard InChI is InChI=1S/C23H21ClN2O4S/c1-15-3-10-19(11-4-15)31(28,29)26-14-22(30-21-12-5-16(2)13-20(21)26)23(27)25-18-8-6-17(24)7-9-18/h3-13,22H,14H2,1-2H3,(H,25,27)/t22-/m1/s1. The molecule has 4 rings (SSSR count). The minimum Gasteiger partial charge on any atom is -0.476 e. The summed E-state index contributed by atoms with van der Waals surface area (Å²) in [6.45, 7) is 3.61. The van der Waals surface area contributed by atoms with Gasteiger partial charge < -0.3 is 10.1 Å². The van der Waals surface area contributed by atoms with Gasteiger partial charge in [0.15, 0.2) is 6.10 Å². The quantitative estimate of drug-likeness (QED) is 0.624. The predicted octanol–water partition coefficient (Wildman–Crippen LogP) is 4.55. The number of aryl methyl sites for hydroxylation is 2. The summed E-state index contributed by atoms with van der Waals surface area (Å²) >= 11 is 5.89. The first-order chi connectivity index (χ1) is 14.7. The van der Waals surface area contributed by atoms with Crippen molar-refractivity contribution in [3.63, 3.8) is 0 Å². The Hall–Kier alpha value is -3.03. The summed E-state index contributed by atoms with van der Waals surface area (Å²) in [5.41, 5.74) is 2.80. The molecule has 1 heterocycles. The maximum Gasteiger partial charge on any atom is 0.267 e. The summed E-state index contributed by atoms with van der Waals surface area (Å²) in [5, 5.41) is 3.30. The Morgan fingerprint density at radius 1 is 1.00 bits per heavy atom. The fourth-order valence-electron chi connectivity index (χ4n) is 3.32. The largest absolute Gasteiger partial charge is 0.476 e. The molecule has 3 aromatic rings. The molecule has 1 atom stereocenters. The van der Waals surface area contributed by atoms with Crippen molar-refractivity contribution in [1.82, 2.24) is 0 Å². The summed E-state index contributed by atoms with van der Waals surface area (Å²) in [4.78, 5) is 13.0. The number of hydrogen-bond donors (Lipinski definition) is 1. The number of ether oxygens (including phenoxy) is 1. The van der Waals surface area contributed by atoms with Crippen LogP contribution >= 0.6 is 11.6 Å². The number of sulfonamides is 1. The van der Waals surface area contributed by atoms with E-state index in [-0.39, 0.29) is 11.4 Å². The number of hydrogen-bond acceptors (Lipinski definition) is 4. The van der Waals surface area contributed by atoms with Gasteiger partial charge in [0.05, 0.1) is 17.1 Å². The molecular formula is C23H21ClN2O4S. The van der Waals surface area contributed by atoms with E-state index in [4.69, 9.17) is 16.3 Å². The van der Waals surface area contributed by atoms with Crippen molar-refractivity contribution in [3.05, 3.63) is 82.9 Å². The molecule has 0 saturated heterocycles. The molecule has 0 spiro atoms. The van der Waals surface area contributed by atoms with E-state index in [9.17, 15) is 13.2 Å².